The summed E-state index contributed by atoms with van der Waals surface area (Å²) < 4.78 is 0. The molecule has 7 N–H and O–H groups in total. The molecule has 0 aromatic heterocycles. The Morgan fingerprint density at radius 2 is 1.41 bits per heavy atom. The molecule has 0 bridgehead atoms. The molecular weight excluding hydrogens is 496 g/mol. The maximum atomic E-state index is 13.1. The van der Waals surface area contributed by atoms with Gasteiger partial charge in [-0.15, -0.1) is 0 Å². The van der Waals surface area contributed by atoms with Crippen LogP contribution in [0.2, 0.25) is 0 Å². The van der Waals surface area contributed by atoms with Crippen molar-refractivity contribution in [3.8, 4) is 5.75 Å². The lowest BCUT2D eigenvalue weighted by molar-refractivity contribution is -0.142. The van der Waals surface area contributed by atoms with Crippen LogP contribution in [-0.2, 0) is 32.0 Å². The van der Waals surface area contributed by atoms with Gasteiger partial charge in [0, 0.05) is 12.8 Å². The van der Waals surface area contributed by atoms with Crippen molar-refractivity contribution in [1.82, 2.24) is 16.0 Å². The molecule has 0 unspecified atom stereocenters. The number of benzene rings is 2. The number of carboxylic acid groups (broad SMARTS) is 1. The van der Waals surface area contributed by atoms with Gasteiger partial charge >= 0.3 is 5.97 Å². The molecular formula is C26H34N4O6S. The van der Waals surface area contributed by atoms with Crippen LogP contribution in [0.4, 0.5) is 0 Å². The van der Waals surface area contributed by atoms with Crippen LogP contribution in [0.1, 0.15) is 24.5 Å². The fraction of sp³-hybridized carbons (Fsp3) is 0.385. The number of phenolic OH excluding ortho intramolecular Hbond substituents is 1. The lowest BCUT2D eigenvalue weighted by Crippen LogP contribution is -2.57. The standard InChI is InChI=1S/C26H34N4O6S/c1-16(23(32)30-22(26(35)36)15-18-8-10-19(31)11-9-18)28-25(34)21(14-17-6-4-3-5-7-17)29-24(33)20(27)12-13-37-2/h3-11,16,20-22,31H,12-15,27H2,1-2H3,(H,28,34)(H,29,33)(H,30,32)(H,35,36)/t16-,20-,21-,22-/m0/s1. The van der Waals surface area contributed by atoms with Gasteiger partial charge in [-0.05, 0) is 48.6 Å². The van der Waals surface area contributed by atoms with Gasteiger partial charge in [0.2, 0.25) is 17.7 Å². The molecule has 0 aliphatic heterocycles. The van der Waals surface area contributed by atoms with E-state index in [4.69, 9.17) is 5.73 Å². The number of carboxylic acids is 1. The van der Waals surface area contributed by atoms with Gasteiger partial charge in [0.15, 0.2) is 0 Å². The summed E-state index contributed by atoms with van der Waals surface area (Å²) in [7, 11) is 0. The number of hydrogen-bond acceptors (Lipinski definition) is 7. The second-order valence-corrected chi connectivity index (χ2v) is 9.62. The maximum Gasteiger partial charge on any atom is 0.326 e. The number of thioether (sulfide) groups is 1. The summed E-state index contributed by atoms with van der Waals surface area (Å²) in [4.78, 5) is 50.1. The van der Waals surface area contributed by atoms with Gasteiger partial charge in [-0.2, -0.15) is 11.8 Å². The lowest BCUT2D eigenvalue weighted by Gasteiger charge is -2.24. The number of carbonyl (C=O) groups is 4. The molecule has 0 fully saturated rings. The van der Waals surface area contributed by atoms with Crippen molar-refractivity contribution in [2.75, 3.05) is 12.0 Å². The van der Waals surface area contributed by atoms with Crippen molar-refractivity contribution < 1.29 is 29.4 Å². The first-order valence-electron chi connectivity index (χ1n) is 11.8. The molecule has 200 valence electrons. The summed E-state index contributed by atoms with van der Waals surface area (Å²) in [5, 5.41) is 26.6. The number of nitrogens with one attached hydrogen (secondary N) is 3. The summed E-state index contributed by atoms with van der Waals surface area (Å²) >= 11 is 1.56. The summed E-state index contributed by atoms with van der Waals surface area (Å²) in [6.45, 7) is 1.43. The van der Waals surface area contributed by atoms with E-state index in [2.05, 4.69) is 16.0 Å². The summed E-state index contributed by atoms with van der Waals surface area (Å²) in [5.41, 5.74) is 7.36. The largest absolute Gasteiger partial charge is 0.508 e. The first-order chi connectivity index (χ1) is 17.6. The predicted octanol–water partition coefficient (Wildman–Crippen LogP) is 0.817. The monoisotopic (exact) mass is 530 g/mol. The molecule has 37 heavy (non-hydrogen) atoms. The third-order valence-electron chi connectivity index (χ3n) is 5.63. The Hall–Kier alpha value is -3.57. The highest BCUT2D eigenvalue weighted by Crippen LogP contribution is 2.12. The van der Waals surface area contributed by atoms with Crippen molar-refractivity contribution in [3.63, 3.8) is 0 Å². The molecule has 0 aliphatic carbocycles. The number of amides is 3. The second kappa shape index (κ2) is 14.9. The average Bonchev–Trinajstić information content (AvgIpc) is 2.87. The number of nitrogens with two attached hydrogens (primary N) is 1. The van der Waals surface area contributed by atoms with Crippen molar-refractivity contribution in [2.24, 2.45) is 5.73 Å². The number of aromatic hydroxyl groups is 1. The summed E-state index contributed by atoms with van der Waals surface area (Å²) in [6, 6.07) is 11.0. The van der Waals surface area contributed by atoms with Gasteiger partial charge in [-0.3, -0.25) is 14.4 Å². The van der Waals surface area contributed by atoms with Crippen LogP contribution in [0.15, 0.2) is 54.6 Å². The molecule has 0 saturated heterocycles. The number of carbonyl (C=O) groups excluding carboxylic acids is 3. The predicted molar refractivity (Wildman–Crippen MR) is 142 cm³/mol. The Balaban J connectivity index is 2.06. The lowest BCUT2D eigenvalue weighted by atomic mass is 10.0. The van der Waals surface area contributed by atoms with Crippen molar-refractivity contribution in [2.45, 2.75) is 50.4 Å². The Kier molecular flexibility index (Phi) is 11.9. The first kappa shape index (κ1) is 29.7. The Labute approximate surface area is 220 Å². The minimum atomic E-state index is -1.24. The van der Waals surface area contributed by atoms with Crippen LogP contribution in [0, 0.1) is 0 Å². The molecule has 2 aromatic rings. The molecule has 0 heterocycles. The van der Waals surface area contributed by atoms with Crippen LogP contribution < -0.4 is 21.7 Å². The van der Waals surface area contributed by atoms with Gasteiger partial charge in [-0.1, -0.05) is 42.5 Å². The van der Waals surface area contributed by atoms with Crippen molar-refractivity contribution in [1.29, 1.82) is 0 Å². The quantitative estimate of drug-likeness (QED) is 0.208. The second-order valence-electron chi connectivity index (χ2n) is 8.64. The molecule has 0 radical (unpaired) electrons. The fourth-order valence-corrected chi connectivity index (χ4v) is 3.95. The van der Waals surface area contributed by atoms with Gasteiger partial charge in [0.05, 0.1) is 6.04 Å². The number of rotatable bonds is 14. The van der Waals surface area contributed by atoms with Crippen molar-refractivity contribution >= 4 is 35.5 Å². The van der Waals surface area contributed by atoms with E-state index in [0.717, 1.165) is 5.56 Å². The minimum absolute atomic E-state index is 0.0113. The van der Waals surface area contributed by atoms with Crippen molar-refractivity contribution in [3.05, 3.63) is 65.7 Å². The molecule has 0 aliphatic rings. The summed E-state index contributed by atoms with van der Waals surface area (Å²) in [5.74, 6) is -2.27. The van der Waals surface area contributed by atoms with E-state index < -0.39 is 47.9 Å². The molecule has 10 nitrogen and oxygen atoms in total. The van der Waals surface area contributed by atoms with E-state index in [9.17, 15) is 29.4 Å². The summed E-state index contributed by atoms with van der Waals surface area (Å²) in [6.07, 6.45) is 2.52. The van der Waals surface area contributed by atoms with Gasteiger partial charge in [0.1, 0.15) is 23.9 Å². The third kappa shape index (κ3) is 10.1. The Morgan fingerprint density at radius 3 is 2.00 bits per heavy atom. The highest BCUT2D eigenvalue weighted by Gasteiger charge is 2.28. The zero-order valence-corrected chi connectivity index (χ0v) is 21.7. The minimum Gasteiger partial charge on any atom is -0.508 e. The van der Waals surface area contributed by atoms with E-state index in [1.807, 2.05) is 36.6 Å². The Morgan fingerprint density at radius 1 is 0.838 bits per heavy atom. The normalized spacial score (nSPS) is 14.0. The first-order valence-corrected chi connectivity index (χ1v) is 13.2. The molecule has 2 rings (SSSR count). The number of aliphatic carboxylic acids is 1. The molecule has 3 amide bonds. The zero-order chi connectivity index (χ0) is 27.4. The van der Waals surface area contributed by atoms with Crippen LogP contribution in [0.3, 0.4) is 0 Å². The van der Waals surface area contributed by atoms with Gasteiger partial charge in [0.25, 0.3) is 0 Å². The topological polar surface area (TPSA) is 171 Å². The average molecular weight is 531 g/mol. The van der Waals surface area contributed by atoms with Gasteiger partial charge < -0.3 is 31.9 Å². The van der Waals surface area contributed by atoms with E-state index in [1.165, 1.54) is 19.1 Å². The van der Waals surface area contributed by atoms with E-state index >= 15 is 0 Å². The van der Waals surface area contributed by atoms with Gasteiger partial charge in [-0.25, -0.2) is 4.79 Å². The number of phenols is 1. The highest BCUT2D eigenvalue weighted by atomic mass is 32.2. The van der Waals surface area contributed by atoms with Crippen LogP contribution in [0.25, 0.3) is 0 Å². The van der Waals surface area contributed by atoms with E-state index in [0.29, 0.717) is 17.7 Å². The molecule has 11 heteroatoms. The molecule has 2 aromatic carbocycles. The maximum absolute atomic E-state index is 13.1. The highest BCUT2D eigenvalue weighted by molar-refractivity contribution is 7.98. The molecule has 0 spiro atoms. The third-order valence-corrected chi connectivity index (χ3v) is 6.27. The smallest absolute Gasteiger partial charge is 0.326 e. The molecule has 4 atom stereocenters. The SMILES string of the molecule is CSCC[C@H](N)C(=O)N[C@@H](Cc1ccccc1)C(=O)N[C@@H](C)C(=O)N[C@@H](Cc1ccc(O)cc1)C(=O)O. The molecule has 0 saturated carbocycles. The number of hydrogen-bond donors (Lipinski definition) is 6. The fourth-order valence-electron chi connectivity index (χ4n) is 3.46. The van der Waals surface area contributed by atoms with Crippen LogP contribution in [-0.4, -0.2) is 70.1 Å². The van der Waals surface area contributed by atoms with E-state index in [-0.39, 0.29) is 18.6 Å². The van der Waals surface area contributed by atoms with E-state index in [1.54, 1.807) is 23.9 Å². The van der Waals surface area contributed by atoms with Crippen LogP contribution >= 0.6 is 11.8 Å². The zero-order valence-electron chi connectivity index (χ0n) is 20.8. The van der Waals surface area contributed by atoms with Crippen LogP contribution in [0.5, 0.6) is 5.75 Å². The Bertz CT molecular complexity index is 1050.